The zero-order valence-electron chi connectivity index (χ0n) is 19.9. The molecule has 10 heteroatoms. The van der Waals surface area contributed by atoms with Crippen molar-refractivity contribution < 1.29 is 33.4 Å². The molecule has 0 aromatic heterocycles. The second-order valence-corrected chi connectivity index (χ2v) is 9.23. The molecule has 0 aliphatic rings. The van der Waals surface area contributed by atoms with Crippen LogP contribution in [0.5, 0.6) is 0 Å². The van der Waals surface area contributed by atoms with Crippen LogP contribution in [0, 0.1) is 0 Å². The van der Waals surface area contributed by atoms with Crippen LogP contribution < -0.4 is 5.73 Å². The summed E-state index contributed by atoms with van der Waals surface area (Å²) >= 11 is 0. The van der Waals surface area contributed by atoms with Crippen LogP contribution in [-0.4, -0.2) is 46.4 Å². The van der Waals surface area contributed by atoms with Crippen LogP contribution in [0.25, 0.3) is 0 Å². The number of amidine groups is 1. The third-order valence-electron chi connectivity index (χ3n) is 3.37. The number of hydrogen-bond acceptors (Lipinski definition) is 8. The molecule has 1 aromatic carbocycles. The highest BCUT2D eigenvalue weighted by molar-refractivity contribution is 5.97. The Morgan fingerprint density at radius 2 is 1.41 bits per heavy atom. The molecule has 0 aliphatic carbocycles. The topological polar surface area (TPSA) is 130 Å². The number of nitrogens with zero attached hydrogens (tertiary/aromatic N) is 2. The molecule has 32 heavy (non-hydrogen) atoms. The van der Waals surface area contributed by atoms with E-state index in [2.05, 4.69) is 9.99 Å². The fourth-order valence-electron chi connectivity index (χ4n) is 2.15. The Morgan fingerprint density at radius 1 is 0.938 bits per heavy atom. The standard InChI is InChI=1S/C22H33N3O7/c1-14(2)29-20(28)32-24-17(23)16-11-9-15(10-12-16)13-25(18(26)30-21(3,4)5)19(27)31-22(6,7)8/h9-12,14H,13H2,1-8H3,(H2,23,24). The van der Waals surface area contributed by atoms with Crippen LogP contribution in [-0.2, 0) is 25.6 Å². The average molecular weight is 452 g/mol. The first kappa shape index (κ1) is 26.7. The molecule has 2 amide bonds. The van der Waals surface area contributed by atoms with Gasteiger partial charge in [-0.3, -0.25) is 4.84 Å². The predicted molar refractivity (Wildman–Crippen MR) is 118 cm³/mol. The van der Waals surface area contributed by atoms with Crippen molar-refractivity contribution in [3.05, 3.63) is 35.4 Å². The number of ether oxygens (including phenoxy) is 3. The van der Waals surface area contributed by atoms with Crippen LogP contribution in [0.1, 0.15) is 66.5 Å². The van der Waals surface area contributed by atoms with E-state index < -0.39 is 29.5 Å². The minimum Gasteiger partial charge on any atom is -0.443 e. The van der Waals surface area contributed by atoms with Gasteiger partial charge in [-0.25, -0.2) is 19.3 Å². The Bertz CT molecular complexity index is 807. The van der Waals surface area contributed by atoms with Crippen LogP contribution in [0.2, 0.25) is 0 Å². The third kappa shape index (κ3) is 10.1. The molecule has 0 radical (unpaired) electrons. The monoisotopic (exact) mass is 451 g/mol. The third-order valence-corrected chi connectivity index (χ3v) is 3.37. The lowest BCUT2D eigenvalue weighted by atomic mass is 10.1. The maximum atomic E-state index is 12.6. The minimum absolute atomic E-state index is 0.0478. The maximum Gasteiger partial charge on any atom is 0.535 e. The quantitative estimate of drug-likeness (QED) is 0.172. The molecule has 10 nitrogen and oxygen atoms in total. The van der Waals surface area contributed by atoms with Gasteiger partial charge in [-0.15, -0.1) is 0 Å². The van der Waals surface area contributed by atoms with Crippen molar-refractivity contribution in [2.45, 2.75) is 79.2 Å². The van der Waals surface area contributed by atoms with Crippen molar-refractivity contribution in [3.63, 3.8) is 0 Å². The molecular weight excluding hydrogens is 418 g/mol. The molecule has 1 aromatic rings. The van der Waals surface area contributed by atoms with Crippen molar-refractivity contribution >= 4 is 24.2 Å². The molecule has 1 rings (SSSR count). The molecule has 0 aliphatic heterocycles. The van der Waals surface area contributed by atoms with Crippen molar-refractivity contribution in [2.24, 2.45) is 10.9 Å². The summed E-state index contributed by atoms with van der Waals surface area (Å²) in [6.45, 7) is 13.5. The predicted octanol–water partition coefficient (Wildman–Crippen LogP) is 4.54. The van der Waals surface area contributed by atoms with Crippen molar-refractivity contribution in [1.82, 2.24) is 4.90 Å². The van der Waals surface area contributed by atoms with Crippen LogP contribution in [0.3, 0.4) is 0 Å². The Morgan fingerprint density at radius 3 is 1.81 bits per heavy atom. The first-order valence-corrected chi connectivity index (χ1v) is 10.1. The van der Waals surface area contributed by atoms with Gasteiger partial charge in [0.15, 0.2) is 5.84 Å². The van der Waals surface area contributed by atoms with Gasteiger partial charge in [-0.1, -0.05) is 29.4 Å². The number of carbonyl (C=O) groups excluding carboxylic acids is 3. The minimum atomic E-state index is -0.968. The molecule has 0 saturated carbocycles. The van der Waals surface area contributed by atoms with Crippen LogP contribution in [0.4, 0.5) is 14.4 Å². The summed E-state index contributed by atoms with van der Waals surface area (Å²) in [7, 11) is 0. The van der Waals surface area contributed by atoms with Crippen LogP contribution >= 0.6 is 0 Å². The smallest absolute Gasteiger partial charge is 0.443 e. The fourth-order valence-corrected chi connectivity index (χ4v) is 2.15. The van der Waals surface area contributed by atoms with Gasteiger partial charge in [0.25, 0.3) is 0 Å². The van der Waals surface area contributed by atoms with Gasteiger partial charge in [-0.2, -0.15) is 0 Å². The summed E-state index contributed by atoms with van der Waals surface area (Å²) < 4.78 is 15.5. The Balaban J connectivity index is 2.97. The maximum absolute atomic E-state index is 12.6. The van der Waals surface area contributed by atoms with Gasteiger partial charge in [0, 0.05) is 5.56 Å². The highest BCUT2D eigenvalue weighted by Crippen LogP contribution is 2.17. The SMILES string of the molecule is CC(C)OC(=O)ON=C(N)c1ccc(CN(C(=O)OC(C)(C)C)C(=O)OC(C)(C)C)cc1. The summed E-state index contributed by atoms with van der Waals surface area (Å²) in [6, 6.07) is 6.50. The van der Waals surface area contributed by atoms with E-state index in [9.17, 15) is 14.4 Å². The number of amides is 2. The lowest BCUT2D eigenvalue weighted by Crippen LogP contribution is -2.43. The van der Waals surface area contributed by atoms with E-state index in [4.69, 9.17) is 19.9 Å². The first-order valence-electron chi connectivity index (χ1n) is 10.1. The van der Waals surface area contributed by atoms with Gasteiger partial charge in [-0.05, 0) is 61.0 Å². The average Bonchev–Trinajstić information content (AvgIpc) is 2.61. The molecular formula is C22H33N3O7. The molecule has 0 fully saturated rings. The molecule has 0 spiro atoms. The van der Waals surface area contributed by atoms with E-state index in [0.29, 0.717) is 11.1 Å². The number of nitrogens with two attached hydrogens (primary N) is 1. The van der Waals surface area contributed by atoms with Gasteiger partial charge in [0.05, 0.1) is 12.6 Å². The van der Waals surface area contributed by atoms with E-state index in [0.717, 1.165) is 4.90 Å². The number of imide groups is 1. The van der Waals surface area contributed by atoms with Crippen LogP contribution in [0.15, 0.2) is 29.4 Å². The van der Waals surface area contributed by atoms with E-state index in [1.165, 1.54) is 0 Å². The van der Waals surface area contributed by atoms with Crippen molar-refractivity contribution in [3.8, 4) is 0 Å². The Hall–Kier alpha value is -3.30. The molecule has 0 unspecified atom stereocenters. The number of rotatable bonds is 5. The van der Waals surface area contributed by atoms with Crippen molar-refractivity contribution in [2.75, 3.05) is 0 Å². The number of oxime groups is 1. The Labute approximate surface area is 188 Å². The number of benzene rings is 1. The van der Waals surface area contributed by atoms with Gasteiger partial charge < -0.3 is 19.9 Å². The van der Waals surface area contributed by atoms with Gasteiger partial charge in [0.2, 0.25) is 0 Å². The second kappa shape index (κ2) is 10.8. The Kier molecular flexibility index (Phi) is 9.05. The zero-order valence-corrected chi connectivity index (χ0v) is 19.9. The number of hydrogen-bond donors (Lipinski definition) is 1. The molecule has 2 N–H and O–H groups in total. The summed E-state index contributed by atoms with van der Waals surface area (Å²) in [5, 5.41) is 3.54. The molecule has 0 atom stereocenters. The highest BCUT2D eigenvalue weighted by Gasteiger charge is 2.31. The summed E-state index contributed by atoms with van der Waals surface area (Å²) in [4.78, 5) is 42.1. The van der Waals surface area contributed by atoms with E-state index in [-0.39, 0.29) is 18.5 Å². The van der Waals surface area contributed by atoms with Crippen molar-refractivity contribution in [1.29, 1.82) is 0 Å². The second-order valence-electron chi connectivity index (χ2n) is 9.23. The first-order chi connectivity index (χ1) is 14.6. The van der Waals surface area contributed by atoms with E-state index >= 15 is 0 Å². The molecule has 0 bridgehead atoms. The lowest BCUT2D eigenvalue weighted by molar-refractivity contribution is -0.000302. The summed E-state index contributed by atoms with van der Waals surface area (Å²) in [6.07, 6.45) is -2.97. The molecule has 178 valence electrons. The lowest BCUT2D eigenvalue weighted by Gasteiger charge is -2.28. The number of carbonyl (C=O) groups is 3. The summed E-state index contributed by atoms with van der Waals surface area (Å²) in [5.74, 6) is -0.0478. The zero-order chi connectivity index (χ0) is 24.7. The van der Waals surface area contributed by atoms with Gasteiger partial charge >= 0.3 is 18.3 Å². The summed E-state index contributed by atoms with van der Waals surface area (Å²) in [5.41, 5.74) is 5.32. The normalized spacial score (nSPS) is 12.2. The van der Waals surface area contributed by atoms with E-state index in [1.807, 2.05) is 0 Å². The largest absolute Gasteiger partial charge is 0.535 e. The van der Waals surface area contributed by atoms with Gasteiger partial charge in [0.1, 0.15) is 11.2 Å². The molecule has 0 heterocycles. The van der Waals surface area contributed by atoms with E-state index in [1.54, 1.807) is 79.7 Å². The fraction of sp³-hybridized carbons (Fsp3) is 0.545. The molecule has 0 saturated heterocycles. The highest BCUT2D eigenvalue weighted by atomic mass is 16.8.